The SMILES string of the molecule is [Se]=P(c1ccccc1)(c1ccccc1)c1ccc(-c2c3ccc4ccccc4c3cc3ccc4ccccc4c23)cc1. The zero-order valence-corrected chi connectivity index (χ0v) is 25.6. The first-order chi connectivity index (χ1) is 20.7. The molecule has 0 saturated heterocycles. The van der Waals surface area contributed by atoms with E-state index >= 15 is 0 Å². The van der Waals surface area contributed by atoms with E-state index in [2.05, 4.69) is 179 Å². The molecule has 0 aromatic heterocycles. The summed E-state index contributed by atoms with van der Waals surface area (Å²) in [6.07, 6.45) is 0. The van der Waals surface area contributed by atoms with Crippen LogP contribution in [0, 0.1) is 0 Å². The Kier molecular flexibility index (Phi) is 6.20. The maximum absolute atomic E-state index is 3.71. The van der Waals surface area contributed by atoms with E-state index in [1.807, 2.05) is 0 Å². The van der Waals surface area contributed by atoms with Crippen LogP contribution in [0.25, 0.3) is 54.2 Å². The molecule has 0 heterocycles. The normalized spacial score (nSPS) is 11.9. The van der Waals surface area contributed by atoms with E-state index in [1.54, 1.807) is 0 Å². The van der Waals surface area contributed by atoms with Gasteiger partial charge in [0.2, 0.25) is 0 Å². The molecule has 198 valence electrons. The van der Waals surface area contributed by atoms with Gasteiger partial charge in [0, 0.05) is 0 Å². The fraction of sp³-hybridized carbons (Fsp3) is 0. The molecule has 0 saturated carbocycles. The Hall–Kier alpha value is -4.25. The van der Waals surface area contributed by atoms with E-state index in [9.17, 15) is 0 Å². The fourth-order valence-electron chi connectivity index (χ4n) is 6.51. The van der Waals surface area contributed by atoms with Crippen LogP contribution in [-0.2, 0) is 0 Å². The average molecular weight is 618 g/mol. The third-order valence-electron chi connectivity index (χ3n) is 8.51. The molecule has 0 nitrogen and oxygen atoms in total. The van der Waals surface area contributed by atoms with E-state index in [0.717, 1.165) is 0 Å². The van der Waals surface area contributed by atoms with E-state index in [-0.39, 0.29) is 0 Å². The van der Waals surface area contributed by atoms with Crippen molar-refractivity contribution in [2.75, 3.05) is 0 Å². The van der Waals surface area contributed by atoms with Gasteiger partial charge in [0.15, 0.2) is 0 Å². The molecule has 0 aliphatic rings. The van der Waals surface area contributed by atoms with Crippen molar-refractivity contribution in [1.29, 1.82) is 0 Å². The second kappa shape index (κ2) is 10.2. The van der Waals surface area contributed by atoms with Gasteiger partial charge in [-0.1, -0.05) is 0 Å². The van der Waals surface area contributed by atoms with Gasteiger partial charge in [-0.25, -0.2) is 0 Å². The first-order valence-corrected chi connectivity index (χ1v) is 18.3. The summed E-state index contributed by atoms with van der Waals surface area (Å²) in [5.41, 5.74) is 0.619. The number of rotatable bonds is 4. The van der Waals surface area contributed by atoms with E-state index in [0.29, 0.717) is 0 Å². The van der Waals surface area contributed by atoms with Crippen LogP contribution < -0.4 is 15.9 Å². The van der Waals surface area contributed by atoms with Crippen molar-refractivity contribution >= 4 is 79.6 Å². The van der Waals surface area contributed by atoms with Crippen molar-refractivity contribution in [2.45, 2.75) is 0 Å². The zero-order valence-electron chi connectivity index (χ0n) is 22.9. The van der Waals surface area contributed by atoms with Crippen LogP contribution in [0.1, 0.15) is 0 Å². The summed E-state index contributed by atoms with van der Waals surface area (Å²) in [5, 5.41) is 14.3. The molecule has 2 heteroatoms. The molecule has 0 fully saturated rings. The minimum atomic E-state index is -1.93. The van der Waals surface area contributed by atoms with Gasteiger partial charge in [-0.2, -0.15) is 0 Å². The predicted octanol–water partition coefficient (Wildman–Crippen LogP) is 9.34. The molecular weight excluding hydrogens is 590 g/mol. The Morgan fingerprint density at radius 2 is 0.857 bits per heavy atom. The van der Waals surface area contributed by atoms with E-state index < -0.39 is 5.51 Å². The summed E-state index contributed by atoms with van der Waals surface area (Å²) in [7, 11) is 0. The summed E-state index contributed by atoms with van der Waals surface area (Å²) in [6, 6.07) is 60.3. The third-order valence-corrected chi connectivity index (χ3v) is 15.6. The second-order valence-corrected chi connectivity index (χ2v) is 17.1. The van der Waals surface area contributed by atoms with Gasteiger partial charge in [0.05, 0.1) is 0 Å². The fourth-order valence-corrected chi connectivity index (χ4v) is 11.5. The van der Waals surface area contributed by atoms with Crippen LogP contribution in [0.15, 0.2) is 164 Å². The molecular formula is C40H27PSe. The Bertz CT molecular complexity index is 2260. The van der Waals surface area contributed by atoms with Gasteiger partial charge < -0.3 is 0 Å². The van der Waals surface area contributed by atoms with Crippen molar-refractivity contribution < 1.29 is 0 Å². The Labute approximate surface area is 253 Å². The van der Waals surface area contributed by atoms with Gasteiger partial charge in [-0.05, 0) is 0 Å². The van der Waals surface area contributed by atoms with Gasteiger partial charge in [-0.3, -0.25) is 0 Å². The quantitative estimate of drug-likeness (QED) is 0.0799. The van der Waals surface area contributed by atoms with Crippen LogP contribution >= 0.6 is 5.51 Å². The van der Waals surface area contributed by atoms with Gasteiger partial charge >= 0.3 is 255 Å². The minimum absolute atomic E-state index is 1.24. The summed E-state index contributed by atoms with van der Waals surface area (Å²) in [6.45, 7) is 0. The molecule has 0 radical (unpaired) electrons. The van der Waals surface area contributed by atoms with E-state index in [1.165, 1.54) is 70.1 Å². The number of fused-ring (bicyclic) bond motifs is 6. The van der Waals surface area contributed by atoms with Crippen molar-refractivity contribution in [3.8, 4) is 11.1 Å². The molecule has 0 atom stereocenters. The Morgan fingerprint density at radius 1 is 0.357 bits per heavy atom. The number of hydrogen-bond acceptors (Lipinski definition) is 0. The second-order valence-electron chi connectivity index (χ2n) is 10.8. The van der Waals surface area contributed by atoms with Crippen molar-refractivity contribution in [3.05, 3.63) is 164 Å². The summed E-state index contributed by atoms with van der Waals surface area (Å²) in [4.78, 5) is 0. The van der Waals surface area contributed by atoms with Gasteiger partial charge in [-0.15, -0.1) is 0 Å². The van der Waals surface area contributed by atoms with Gasteiger partial charge in [0.1, 0.15) is 0 Å². The van der Waals surface area contributed by atoms with Crippen LogP contribution in [0.2, 0.25) is 0 Å². The van der Waals surface area contributed by atoms with Crippen molar-refractivity contribution in [3.63, 3.8) is 0 Å². The van der Waals surface area contributed by atoms with Crippen molar-refractivity contribution in [2.24, 2.45) is 0 Å². The standard InChI is InChI=1S/C40H27PSe/c42-41(32-13-3-1-4-14-32,33-15-5-2-6-16-33)34-24-21-30(22-25-34)39-37-26-23-28-11-7-9-17-35(28)38(37)27-31-20-19-29-12-8-10-18-36(29)40(31)39/h1-27H. The third kappa shape index (κ3) is 4.01. The Morgan fingerprint density at radius 3 is 1.52 bits per heavy atom. The molecule has 0 aliphatic heterocycles. The molecule has 0 unspecified atom stereocenters. The molecule has 8 aromatic rings. The summed E-state index contributed by atoms with van der Waals surface area (Å²) in [5.74, 6) is 0. The zero-order chi connectivity index (χ0) is 28.1. The molecule has 0 N–H and O–H groups in total. The first-order valence-electron chi connectivity index (χ1n) is 14.3. The molecule has 8 aromatic carbocycles. The predicted molar refractivity (Wildman–Crippen MR) is 186 cm³/mol. The van der Waals surface area contributed by atoms with E-state index in [4.69, 9.17) is 0 Å². The van der Waals surface area contributed by atoms with Crippen LogP contribution in [-0.4, -0.2) is 15.1 Å². The van der Waals surface area contributed by atoms with Gasteiger partial charge in [0.25, 0.3) is 0 Å². The van der Waals surface area contributed by atoms with Crippen LogP contribution in [0.4, 0.5) is 0 Å². The van der Waals surface area contributed by atoms with Crippen molar-refractivity contribution in [1.82, 2.24) is 0 Å². The summed E-state index contributed by atoms with van der Waals surface area (Å²) >= 11 is 3.71. The monoisotopic (exact) mass is 618 g/mol. The topological polar surface area (TPSA) is 0 Å². The average Bonchev–Trinajstić information content (AvgIpc) is 3.07. The molecule has 0 aliphatic carbocycles. The summed E-state index contributed by atoms with van der Waals surface area (Å²) < 4.78 is 0. The first kappa shape index (κ1) is 25.5. The number of benzene rings is 8. The van der Waals surface area contributed by atoms with Crippen LogP contribution in [0.5, 0.6) is 0 Å². The molecule has 0 amide bonds. The molecule has 42 heavy (non-hydrogen) atoms. The Balaban J connectivity index is 1.42. The maximum atomic E-state index is 3.71. The van der Waals surface area contributed by atoms with Crippen LogP contribution in [0.3, 0.4) is 0 Å². The number of hydrogen-bond donors (Lipinski definition) is 0. The molecule has 8 rings (SSSR count). The molecule has 0 bridgehead atoms. The molecule has 0 spiro atoms.